The van der Waals surface area contributed by atoms with E-state index >= 15 is 0 Å². The molecule has 1 aromatic rings. The predicted molar refractivity (Wildman–Crippen MR) is 115 cm³/mol. The second-order valence-corrected chi connectivity index (χ2v) is 12.4. The molecule has 4 nitrogen and oxygen atoms in total. The highest BCUT2D eigenvalue weighted by molar-refractivity contribution is 7.89. The SMILES string of the molecule is CC1CN(S(=O)(=O)C[C@]23CCC(CC2=O)C3(C)C)CCC12C=Cc1ccccc12. The van der Waals surface area contributed by atoms with Gasteiger partial charge in [-0.25, -0.2) is 12.7 Å². The molecule has 1 spiro atoms. The summed E-state index contributed by atoms with van der Waals surface area (Å²) in [5, 5.41) is 0. The van der Waals surface area contributed by atoms with Crippen LogP contribution in [0.1, 0.15) is 57.6 Å². The van der Waals surface area contributed by atoms with E-state index in [-0.39, 0.29) is 28.3 Å². The molecule has 2 bridgehead atoms. The molecule has 3 unspecified atom stereocenters. The van der Waals surface area contributed by atoms with Crippen molar-refractivity contribution in [2.45, 2.75) is 51.9 Å². The third kappa shape index (κ3) is 2.46. The van der Waals surface area contributed by atoms with Gasteiger partial charge in [-0.3, -0.25) is 4.79 Å². The zero-order chi connectivity index (χ0) is 20.7. The monoisotopic (exact) mass is 413 g/mol. The van der Waals surface area contributed by atoms with E-state index in [9.17, 15) is 13.2 Å². The van der Waals surface area contributed by atoms with E-state index in [2.05, 4.69) is 57.2 Å². The van der Waals surface area contributed by atoms with E-state index in [0.717, 1.165) is 19.3 Å². The molecule has 3 fully saturated rings. The summed E-state index contributed by atoms with van der Waals surface area (Å²) in [6.07, 6.45) is 7.54. The molecule has 1 saturated heterocycles. The summed E-state index contributed by atoms with van der Waals surface area (Å²) < 4.78 is 28.7. The van der Waals surface area contributed by atoms with Crippen molar-refractivity contribution in [2.24, 2.45) is 22.7 Å². The van der Waals surface area contributed by atoms with Crippen molar-refractivity contribution in [2.75, 3.05) is 18.8 Å². The Labute approximate surface area is 174 Å². The lowest BCUT2D eigenvalue weighted by Gasteiger charge is -2.45. The number of piperidine rings is 1. The highest BCUT2D eigenvalue weighted by atomic mass is 32.2. The van der Waals surface area contributed by atoms with Gasteiger partial charge in [0.2, 0.25) is 10.0 Å². The zero-order valence-electron chi connectivity index (χ0n) is 17.6. The molecule has 4 atom stereocenters. The number of sulfonamides is 1. The number of allylic oxidation sites excluding steroid dienone is 1. The van der Waals surface area contributed by atoms with Crippen LogP contribution in [0.2, 0.25) is 0 Å². The van der Waals surface area contributed by atoms with Crippen molar-refractivity contribution in [1.29, 1.82) is 0 Å². The molecule has 0 aromatic heterocycles. The Hall–Kier alpha value is -1.46. The quantitative estimate of drug-likeness (QED) is 0.752. The lowest BCUT2D eigenvalue weighted by Crippen LogP contribution is -2.53. The van der Waals surface area contributed by atoms with Crippen molar-refractivity contribution in [3.05, 3.63) is 41.5 Å². The smallest absolute Gasteiger partial charge is 0.215 e. The average molecular weight is 414 g/mol. The molecule has 0 radical (unpaired) electrons. The first kappa shape index (κ1) is 19.5. The van der Waals surface area contributed by atoms with Crippen molar-refractivity contribution in [3.63, 3.8) is 0 Å². The second kappa shape index (κ2) is 6.04. The molecule has 0 N–H and O–H groups in total. The first-order valence-electron chi connectivity index (χ1n) is 10.9. The number of benzene rings is 1. The van der Waals surface area contributed by atoms with Crippen molar-refractivity contribution in [1.82, 2.24) is 4.31 Å². The van der Waals surface area contributed by atoms with Gasteiger partial charge in [-0.1, -0.05) is 57.2 Å². The molecule has 1 heterocycles. The molecule has 156 valence electrons. The Bertz CT molecular complexity index is 1010. The Kier molecular flexibility index (Phi) is 4.06. The lowest BCUT2D eigenvalue weighted by molar-refractivity contribution is -0.128. The number of Topliss-reactive ketones (excluding diaryl/α,β-unsaturated/α-hetero) is 1. The molecule has 5 heteroatoms. The summed E-state index contributed by atoms with van der Waals surface area (Å²) in [7, 11) is -3.48. The number of hydrogen-bond donors (Lipinski definition) is 0. The summed E-state index contributed by atoms with van der Waals surface area (Å²) in [5.74, 6) is 0.714. The number of carbonyl (C=O) groups is 1. The van der Waals surface area contributed by atoms with Crippen LogP contribution in [0.5, 0.6) is 0 Å². The van der Waals surface area contributed by atoms with Crippen LogP contribution in [0.25, 0.3) is 6.08 Å². The Balaban J connectivity index is 1.40. The van der Waals surface area contributed by atoms with Gasteiger partial charge < -0.3 is 0 Å². The molecular weight excluding hydrogens is 382 g/mol. The minimum atomic E-state index is -3.48. The van der Waals surface area contributed by atoms with Crippen LogP contribution in [0.3, 0.4) is 0 Å². The van der Waals surface area contributed by atoms with Crippen LogP contribution in [-0.2, 0) is 20.2 Å². The number of fused-ring (bicyclic) bond motifs is 4. The van der Waals surface area contributed by atoms with E-state index in [4.69, 9.17) is 0 Å². The fourth-order valence-electron chi connectivity index (χ4n) is 6.92. The maximum absolute atomic E-state index is 13.5. The summed E-state index contributed by atoms with van der Waals surface area (Å²) in [6, 6.07) is 8.46. The van der Waals surface area contributed by atoms with Gasteiger partial charge in [0.1, 0.15) is 5.78 Å². The maximum Gasteiger partial charge on any atom is 0.215 e. The lowest BCUT2D eigenvalue weighted by atomic mass is 9.68. The predicted octanol–water partition coefficient (Wildman–Crippen LogP) is 4.02. The summed E-state index contributed by atoms with van der Waals surface area (Å²) in [6.45, 7) is 7.44. The van der Waals surface area contributed by atoms with Gasteiger partial charge >= 0.3 is 0 Å². The molecule has 1 aliphatic heterocycles. The molecule has 5 rings (SSSR count). The highest BCUT2D eigenvalue weighted by Gasteiger charge is 2.65. The number of rotatable bonds is 3. The average Bonchev–Trinajstić information content (AvgIpc) is 3.21. The topological polar surface area (TPSA) is 54.5 Å². The summed E-state index contributed by atoms with van der Waals surface area (Å²) in [5.41, 5.74) is 1.61. The van der Waals surface area contributed by atoms with Crippen LogP contribution in [0.4, 0.5) is 0 Å². The number of hydrogen-bond acceptors (Lipinski definition) is 3. The minimum absolute atomic E-state index is 0.00548. The summed E-state index contributed by atoms with van der Waals surface area (Å²) >= 11 is 0. The van der Waals surface area contributed by atoms with Gasteiger partial charge in [-0.05, 0) is 47.6 Å². The number of carbonyl (C=O) groups excluding carboxylic acids is 1. The van der Waals surface area contributed by atoms with Gasteiger partial charge in [-0.2, -0.15) is 0 Å². The Morgan fingerprint density at radius 1 is 1.17 bits per heavy atom. The normalized spacial score (nSPS) is 38.1. The van der Waals surface area contributed by atoms with Gasteiger partial charge in [-0.15, -0.1) is 0 Å². The van der Waals surface area contributed by atoms with Gasteiger partial charge in [0, 0.05) is 30.3 Å². The second-order valence-electron chi connectivity index (χ2n) is 10.4. The molecule has 4 aliphatic rings. The van der Waals surface area contributed by atoms with E-state index in [1.165, 1.54) is 11.1 Å². The molecule has 29 heavy (non-hydrogen) atoms. The van der Waals surface area contributed by atoms with Crippen LogP contribution in [0.15, 0.2) is 30.3 Å². The molecule has 3 aliphatic carbocycles. The first-order valence-corrected chi connectivity index (χ1v) is 12.5. The summed E-state index contributed by atoms with van der Waals surface area (Å²) in [4.78, 5) is 12.8. The molecule has 2 saturated carbocycles. The first-order chi connectivity index (χ1) is 13.6. The van der Waals surface area contributed by atoms with E-state index in [1.807, 2.05) is 0 Å². The van der Waals surface area contributed by atoms with Gasteiger partial charge in [0.15, 0.2) is 0 Å². The van der Waals surface area contributed by atoms with Crippen LogP contribution in [0, 0.1) is 22.7 Å². The molecular formula is C24H31NO3S. The van der Waals surface area contributed by atoms with Crippen LogP contribution in [-0.4, -0.2) is 37.3 Å². The van der Waals surface area contributed by atoms with Crippen LogP contribution < -0.4 is 0 Å². The zero-order valence-corrected chi connectivity index (χ0v) is 18.5. The van der Waals surface area contributed by atoms with E-state index in [1.54, 1.807) is 4.31 Å². The van der Waals surface area contributed by atoms with Gasteiger partial charge in [0.05, 0.1) is 5.75 Å². The van der Waals surface area contributed by atoms with Crippen molar-refractivity contribution in [3.8, 4) is 0 Å². The van der Waals surface area contributed by atoms with Gasteiger partial charge in [0.25, 0.3) is 0 Å². The number of nitrogens with zero attached hydrogens (tertiary/aromatic N) is 1. The standard InChI is InChI=1S/C24H31NO3S/c1-17-15-25(13-12-23(17)10-8-18-6-4-5-7-20(18)23)29(27,28)16-24-11-9-19(14-21(24)26)22(24,2)3/h4-8,10,17,19H,9,11-16H2,1-3H3/t17?,19?,23?,24-/m1/s1. The van der Waals surface area contributed by atoms with Crippen molar-refractivity contribution >= 4 is 21.9 Å². The third-order valence-electron chi connectivity index (χ3n) is 9.12. The highest BCUT2D eigenvalue weighted by Crippen LogP contribution is 2.64. The Morgan fingerprint density at radius 3 is 2.59 bits per heavy atom. The van der Waals surface area contributed by atoms with E-state index in [0.29, 0.717) is 25.4 Å². The fraction of sp³-hybridized carbons (Fsp3) is 0.625. The minimum Gasteiger partial charge on any atom is -0.299 e. The number of ketones is 1. The molecule has 1 aromatic carbocycles. The fourth-order valence-corrected chi connectivity index (χ4v) is 9.22. The Morgan fingerprint density at radius 2 is 1.93 bits per heavy atom. The molecule has 0 amide bonds. The van der Waals surface area contributed by atoms with Crippen molar-refractivity contribution < 1.29 is 13.2 Å². The van der Waals surface area contributed by atoms with E-state index < -0.39 is 15.4 Å². The largest absolute Gasteiger partial charge is 0.299 e. The third-order valence-corrected chi connectivity index (χ3v) is 11.1. The maximum atomic E-state index is 13.5. The van der Waals surface area contributed by atoms with Crippen LogP contribution >= 0.6 is 0 Å².